The molecule has 0 radical (unpaired) electrons. The number of halogens is 2. The second-order valence-electron chi connectivity index (χ2n) is 9.41. The zero-order valence-corrected chi connectivity index (χ0v) is 21.4. The van der Waals surface area contributed by atoms with Gasteiger partial charge in [-0.1, -0.05) is 59.6 Å². The zero-order valence-electron chi connectivity index (χ0n) is 19.1. The first-order chi connectivity index (χ1) is 16.3. The van der Waals surface area contributed by atoms with Crippen molar-refractivity contribution < 1.29 is 8.42 Å². The van der Waals surface area contributed by atoms with Gasteiger partial charge in [0, 0.05) is 54.1 Å². The van der Waals surface area contributed by atoms with Gasteiger partial charge in [0.25, 0.3) is 0 Å². The van der Waals surface area contributed by atoms with Crippen LogP contribution in [0.15, 0.2) is 72.8 Å². The van der Waals surface area contributed by atoms with Crippen LogP contribution in [0.25, 0.3) is 0 Å². The molecular formula is C27H28Cl2N2O2S. The Morgan fingerprint density at radius 1 is 0.824 bits per heavy atom. The van der Waals surface area contributed by atoms with Gasteiger partial charge in [-0.2, -0.15) is 0 Å². The molecule has 2 aliphatic rings. The summed E-state index contributed by atoms with van der Waals surface area (Å²) in [4.78, 5) is 4.64. The van der Waals surface area contributed by atoms with Crippen LogP contribution < -0.4 is 4.90 Å². The maximum atomic E-state index is 13.0. The summed E-state index contributed by atoms with van der Waals surface area (Å²) in [6.07, 6.45) is 2.56. The molecule has 3 aromatic carbocycles. The van der Waals surface area contributed by atoms with Crippen LogP contribution in [-0.4, -0.2) is 45.8 Å². The minimum Gasteiger partial charge on any atom is -0.371 e. The van der Waals surface area contributed by atoms with Crippen LogP contribution in [0.1, 0.15) is 34.4 Å². The first-order valence-corrected chi connectivity index (χ1v) is 14.3. The highest BCUT2D eigenvalue weighted by Crippen LogP contribution is 2.42. The molecule has 0 unspecified atom stereocenters. The molecule has 3 aromatic rings. The van der Waals surface area contributed by atoms with Gasteiger partial charge >= 0.3 is 0 Å². The summed E-state index contributed by atoms with van der Waals surface area (Å²) in [5.74, 6) is 0.0312. The van der Waals surface area contributed by atoms with Crippen LogP contribution in [0.5, 0.6) is 0 Å². The lowest BCUT2D eigenvalue weighted by Gasteiger charge is -2.47. The Kier molecular flexibility index (Phi) is 6.64. The van der Waals surface area contributed by atoms with Crippen molar-refractivity contribution in [1.29, 1.82) is 0 Å². The Morgan fingerprint density at radius 3 is 1.85 bits per heavy atom. The molecule has 7 heteroatoms. The Bertz CT molecular complexity index is 1210. The summed E-state index contributed by atoms with van der Waals surface area (Å²) >= 11 is 12.3. The van der Waals surface area contributed by atoms with E-state index < -0.39 is 15.1 Å². The third kappa shape index (κ3) is 4.85. The van der Waals surface area contributed by atoms with E-state index in [2.05, 4.69) is 21.9 Å². The average Bonchev–Trinajstić information content (AvgIpc) is 2.72. The maximum Gasteiger partial charge on any atom is 0.154 e. The minimum absolute atomic E-state index is 0.0124. The van der Waals surface area contributed by atoms with E-state index in [-0.39, 0.29) is 12.0 Å². The van der Waals surface area contributed by atoms with Crippen molar-refractivity contribution in [3.05, 3.63) is 99.5 Å². The highest BCUT2D eigenvalue weighted by molar-refractivity contribution is 7.90. The summed E-state index contributed by atoms with van der Waals surface area (Å²) < 4.78 is 25.9. The van der Waals surface area contributed by atoms with Crippen LogP contribution in [0.2, 0.25) is 10.0 Å². The molecule has 34 heavy (non-hydrogen) atoms. The first kappa shape index (κ1) is 23.7. The Hall–Kier alpha value is -2.05. The number of likely N-dealkylation sites (tertiary alicyclic amines) is 1. The molecule has 0 aliphatic carbocycles. The molecule has 2 heterocycles. The fraction of sp³-hybridized carbons (Fsp3) is 0.333. The number of rotatable bonds is 7. The number of hydrogen-bond donors (Lipinski definition) is 0. The van der Waals surface area contributed by atoms with Crippen molar-refractivity contribution in [1.82, 2.24) is 4.90 Å². The van der Waals surface area contributed by atoms with E-state index in [0.717, 1.165) is 35.5 Å². The lowest BCUT2D eigenvalue weighted by atomic mass is 9.86. The summed E-state index contributed by atoms with van der Waals surface area (Å²) in [6.45, 7) is 3.46. The summed E-state index contributed by atoms with van der Waals surface area (Å²) in [5.41, 5.74) is 4.27. The average molecular weight is 516 g/mol. The van der Waals surface area contributed by atoms with E-state index in [9.17, 15) is 8.42 Å². The van der Waals surface area contributed by atoms with Crippen LogP contribution in [0.3, 0.4) is 0 Å². The SMILES string of the molecule is CS(=O)(=O)[C@H](c1cccc(N2CCC2)c1)C1CN(C(c2ccc(Cl)cc2)c2ccc(Cl)cc2)C1. The zero-order chi connectivity index (χ0) is 23.9. The van der Waals surface area contributed by atoms with Crippen molar-refractivity contribution in [2.45, 2.75) is 17.7 Å². The van der Waals surface area contributed by atoms with Crippen molar-refractivity contribution in [3.8, 4) is 0 Å². The molecule has 0 amide bonds. The van der Waals surface area contributed by atoms with Gasteiger partial charge in [0.1, 0.15) is 0 Å². The smallest absolute Gasteiger partial charge is 0.154 e. The largest absolute Gasteiger partial charge is 0.371 e. The summed E-state index contributed by atoms with van der Waals surface area (Å²) in [5, 5.41) is 0.875. The van der Waals surface area contributed by atoms with Gasteiger partial charge in [0.15, 0.2) is 9.84 Å². The summed E-state index contributed by atoms with van der Waals surface area (Å²) in [7, 11) is -3.28. The monoisotopic (exact) mass is 514 g/mol. The molecule has 0 saturated carbocycles. The molecule has 0 bridgehead atoms. The van der Waals surface area contributed by atoms with E-state index in [1.807, 2.05) is 60.7 Å². The third-order valence-corrected chi connectivity index (χ3v) is 9.07. The molecule has 0 aromatic heterocycles. The van der Waals surface area contributed by atoms with Gasteiger partial charge < -0.3 is 4.90 Å². The number of sulfone groups is 1. The number of benzene rings is 3. The third-order valence-electron chi connectivity index (χ3n) is 6.98. The number of nitrogens with zero attached hydrogens (tertiary/aromatic N) is 2. The van der Waals surface area contributed by atoms with Gasteiger partial charge in [0.05, 0.1) is 11.3 Å². The lowest BCUT2D eigenvalue weighted by Crippen LogP contribution is -2.52. The molecular weight excluding hydrogens is 487 g/mol. The molecule has 2 saturated heterocycles. The fourth-order valence-corrected chi connectivity index (χ4v) is 6.96. The second kappa shape index (κ2) is 9.54. The number of hydrogen-bond acceptors (Lipinski definition) is 4. The van der Waals surface area contributed by atoms with Crippen molar-refractivity contribution in [2.24, 2.45) is 5.92 Å². The molecule has 2 fully saturated rings. The normalized spacial score (nSPS) is 17.9. The van der Waals surface area contributed by atoms with Crippen LogP contribution in [0, 0.1) is 5.92 Å². The molecule has 0 N–H and O–H groups in total. The quantitative estimate of drug-likeness (QED) is 0.387. The fourth-order valence-electron chi connectivity index (χ4n) is 5.20. The highest BCUT2D eigenvalue weighted by Gasteiger charge is 2.43. The molecule has 0 spiro atoms. The molecule has 2 aliphatic heterocycles. The van der Waals surface area contributed by atoms with Crippen molar-refractivity contribution in [3.63, 3.8) is 0 Å². The predicted molar refractivity (Wildman–Crippen MR) is 141 cm³/mol. The molecule has 5 rings (SSSR count). The standard InChI is InChI=1S/C27H28Cl2N2O2S/c1-34(32,33)27(21-4-2-5-25(16-21)30-14-3-15-30)22-17-31(18-22)26(19-6-10-23(28)11-7-19)20-8-12-24(29)13-9-20/h2,4-13,16,22,26-27H,3,14-15,17-18H2,1H3/t27-/m1/s1. The van der Waals surface area contributed by atoms with E-state index >= 15 is 0 Å². The van der Waals surface area contributed by atoms with E-state index in [4.69, 9.17) is 23.2 Å². The van der Waals surface area contributed by atoms with E-state index in [0.29, 0.717) is 23.1 Å². The van der Waals surface area contributed by atoms with Gasteiger partial charge in [-0.25, -0.2) is 8.42 Å². The molecule has 1 atom stereocenters. The van der Waals surface area contributed by atoms with E-state index in [1.165, 1.54) is 12.7 Å². The van der Waals surface area contributed by atoms with Crippen molar-refractivity contribution in [2.75, 3.05) is 37.3 Å². The van der Waals surface area contributed by atoms with Crippen LogP contribution >= 0.6 is 23.2 Å². The highest BCUT2D eigenvalue weighted by atomic mass is 35.5. The lowest BCUT2D eigenvalue weighted by molar-refractivity contribution is 0.0655. The predicted octanol–water partition coefficient (Wildman–Crippen LogP) is 6.01. The minimum atomic E-state index is -3.28. The summed E-state index contributed by atoms with van der Waals surface area (Å²) in [6, 6.07) is 23.9. The topological polar surface area (TPSA) is 40.6 Å². The molecule has 178 valence electrons. The maximum absolute atomic E-state index is 13.0. The Balaban J connectivity index is 1.42. The van der Waals surface area contributed by atoms with Gasteiger partial charge in [-0.15, -0.1) is 0 Å². The van der Waals surface area contributed by atoms with Crippen molar-refractivity contribution >= 4 is 38.7 Å². The van der Waals surface area contributed by atoms with Gasteiger partial charge in [-0.05, 0) is 59.5 Å². The van der Waals surface area contributed by atoms with Gasteiger partial charge in [0.2, 0.25) is 0 Å². The van der Waals surface area contributed by atoms with Gasteiger partial charge in [-0.3, -0.25) is 4.90 Å². The Morgan fingerprint density at radius 2 is 1.38 bits per heavy atom. The van der Waals surface area contributed by atoms with Crippen LogP contribution in [0.4, 0.5) is 5.69 Å². The van der Waals surface area contributed by atoms with Crippen LogP contribution in [-0.2, 0) is 9.84 Å². The van der Waals surface area contributed by atoms with E-state index in [1.54, 1.807) is 0 Å². The first-order valence-electron chi connectivity index (χ1n) is 11.6. The second-order valence-corrected chi connectivity index (χ2v) is 12.4. The number of anilines is 1. The Labute approximate surface area is 212 Å². The molecule has 4 nitrogen and oxygen atoms in total.